The Balaban J connectivity index is 1.92. The van der Waals surface area contributed by atoms with Crippen molar-refractivity contribution in [3.05, 3.63) is 48.0 Å². The molecule has 1 aromatic rings. The highest BCUT2D eigenvalue weighted by Crippen LogP contribution is 2.35. The summed E-state index contributed by atoms with van der Waals surface area (Å²) < 4.78 is 25.7. The van der Waals surface area contributed by atoms with Gasteiger partial charge >= 0.3 is 6.16 Å². The summed E-state index contributed by atoms with van der Waals surface area (Å²) in [6, 6.07) is 8.91. The standard InChI is InChI=1S/C20H27NO7/c1-14(10-26-13-25-4)18-17(19(22)21(18)12-24-3)15(2)28-20(23)27-11-16-8-6-5-7-9-16/h5-9,15,17-18H,1,10-13H2,2-4H3/t15?,17-,18-/m1/s1. The molecular weight excluding hydrogens is 366 g/mol. The Morgan fingerprint density at radius 1 is 1.21 bits per heavy atom. The van der Waals surface area contributed by atoms with E-state index in [1.54, 1.807) is 6.92 Å². The van der Waals surface area contributed by atoms with E-state index in [0.717, 1.165) is 5.56 Å². The van der Waals surface area contributed by atoms with Crippen molar-refractivity contribution in [3.8, 4) is 0 Å². The zero-order chi connectivity index (χ0) is 20.5. The van der Waals surface area contributed by atoms with Crippen LogP contribution in [0.2, 0.25) is 0 Å². The van der Waals surface area contributed by atoms with E-state index in [9.17, 15) is 9.59 Å². The fourth-order valence-electron chi connectivity index (χ4n) is 3.11. The number of rotatable bonds is 11. The number of carbonyl (C=O) groups is 2. The van der Waals surface area contributed by atoms with Gasteiger partial charge in [-0.3, -0.25) is 4.79 Å². The van der Waals surface area contributed by atoms with Gasteiger partial charge in [0.15, 0.2) is 0 Å². The minimum absolute atomic E-state index is 0.0990. The molecule has 0 aromatic heterocycles. The molecule has 0 N–H and O–H groups in total. The molecule has 1 amide bonds. The molecule has 1 fully saturated rings. The van der Waals surface area contributed by atoms with Crippen molar-refractivity contribution < 1.29 is 33.3 Å². The predicted molar refractivity (Wildman–Crippen MR) is 100 cm³/mol. The van der Waals surface area contributed by atoms with Gasteiger partial charge in [-0.25, -0.2) is 4.79 Å². The lowest BCUT2D eigenvalue weighted by molar-refractivity contribution is -0.171. The predicted octanol–water partition coefficient (Wildman–Crippen LogP) is 2.34. The molecule has 0 bridgehead atoms. The van der Waals surface area contributed by atoms with Gasteiger partial charge in [-0.05, 0) is 18.1 Å². The fraction of sp³-hybridized carbons (Fsp3) is 0.500. The summed E-state index contributed by atoms with van der Waals surface area (Å²) in [5, 5.41) is 0. The van der Waals surface area contributed by atoms with Gasteiger partial charge in [-0.15, -0.1) is 0 Å². The third kappa shape index (κ3) is 5.54. The van der Waals surface area contributed by atoms with E-state index >= 15 is 0 Å². The Kier molecular flexibility index (Phi) is 8.43. The van der Waals surface area contributed by atoms with E-state index < -0.39 is 18.2 Å². The minimum atomic E-state index is -0.825. The van der Waals surface area contributed by atoms with Gasteiger partial charge in [0, 0.05) is 14.2 Å². The molecule has 3 atom stereocenters. The van der Waals surface area contributed by atoms with Gasteiger partial charge < -0.3 is 28.6 Å². The molecule has 1 aliphatic heterocycles. The van der Waals surface area contributed by atoms with Crippen LogP contribution in [-0.2, 0) is 35.1 Å². The van der Waals surface area contributed by atoms with Crippen molar-refractivity contribution >= 4 is 12.1 Å². The van der Waals surface area contributed by atoms with Crippen LogP contribution in [0.25, 0.3) is 0 Å². The van der Waals surface area contributed by atoms with Crippen molar-refractivity contribution in [2.24, 2.45) is 5.92 Å². The maximum Gasteiger partial charge on any atom is 0.508 e. The largest absolute Gasteiger partial charge is 0.508 e. The van der Waals surface area contributed by atoms with Gasteiger partial charge in [-0.2, -0.15) is 0 Å². The number of benzene rings is 1. The van der Waals surface area contributed by atoms with Crippen molar-refractivity contribution in [2.45, 2.75) is 25.7 Å². The molecular formula is C20H27NO7. The molecule has 8 heteroatoms. The number of ether oxygens (including phenoxy) is 5. The van der Waals surface area contributed by atoms with E-state index in [2.05, 4.69) is 6.58 Å². The van der Waals surface area contributed by atoms with Crippen LogP contribution in [0.5, 0.6) is 0 Å². The number of nitrogens with zero attached hydrogens (tertiary/aromatic N) is 1. The molecule has 0 saturated carbocycles. The summed E-state index contributed by atoms with van der Waals surface area (Å²) in [5.41, 5.74) is 1.52. The van der Waals surface area contributed by atoms with Crippen LogP contribution in [0, 0.1) is 5.92 Å². The normalized spacial score (nSPS) is 19.7. The average molecular weight is 393 g/mol. The van der Waals surface area contributed by atoms with Crippen LogP contribution < -0.4 is 0 Å². The Labute approximate surface area is 164 Å². The van der Waals surface area contributed by atoms with Crippen molar-refractivity contribution in [3.63, 3.8) is 0 Å². The number of carbonyl (C=O) groups excluding carboxylic acids is 2. The third-order valence-corrected chi connectivity index (χ3v) is 4.41. The monoisotopic (exact) mass is 393 g/mol. The number of likely N-dealkylation sites (tertiary alicyclic amines) is 1. The van der Waals surface area contributed by atoms with Crippen LogP contribution in [0.4, 0.5) is 4.79 Å². The van der Waals surface area contributed by atoms with Crippen LogP contribution in [0.3, 0.4) is 0 Å². The summed E-state index contributed by atoms with van der Waals surface area (Å²) in [6.45, 7) is 6.21. The van der Waals surface area contributed by atoms with E-state index in [-0.39, 0.29) is 38.7 Å². The maximum atomic E-state index is 12.5. The Hall–Kier alpha value is -2.42. The molecule has 1 aliphatic rings. The number of methoxy groups -OCH3 is 2. The highest BCUT2D eigenvalue weighted by molar-refractivity contribution is 5.88. The Bertz CT molecular complexity index is 664. The summed E-state index contributed by atoms with van der Waals surface area (Å²) in [7, 11) is 3.02. The second-order valence-electron chi connectivity index (χ2n) is 6.46. The van der Waals surface area contributed by atoms with Crippen molar-refractivity contribution in [2.75, 3.05) is 34.4 Å². The van der Waals surface area contributed by atoms with Crippen LogP contribution in [0.1, 0.15) is 12.5 Å². The van der Waals surface area contributed by atoms with E-state index in [1.165, 1.54) is 19.1 Å². The SMILES string of the molecule is C=C(COCOC)[C@@H]1[C@@H](C(C)OC(=O)OCc2ccccc2)C(=O)N1COC. The molecule has 2 rings (SSSR count). The van der Waals surface area contributed by atoms with Gasteiger partial charge in [0.05, 0.1) is 18.6 Å². The lowest BCUT2D eigenvalue weighted by atomic mass is 9.80. The molecule has 28 heavy (non-hydrogen) atoms. The summed E-state index contributed by atoms with van der Waals surface area (Å²) in [5.74, 6) is -0.749. The molecule has 154 valence electrons. The molecule has 0 aliphatic carbocycles. The Morgan fingerprint density at radius 3 is 2.57 bits per heavy atom. The molecule has 8 nitrogen and oxygen atoms in total. The van der Waals surface area contributed by atoms with Gasteiger partial charge in [-0.1, -0.05) is 36.9 Å². The first-order valence-electron chi connectivity index (χ1n) is 8.90. The zero-order valence-corrected chi connectivity index (χ0v) is 16.5. The highest BCUT2D eigenvalue weighted by Gasteiger charge is 2.52. The zero-order valence-electron chi connectivity index (χ0n) is 16.5. The van der Waals surface area contributed by atoms with Crippen LogP contribution in [-0.4, -0.2) is 63.5 Å². The Morgan fingerprint density at radius 2 is 1.93 bits per heavy atom. The second-order valence-corrected chi connectivity index (χ2v) is 6.46. The number of hydrogen-bond acceptors (Lipinski definition) is 7. The van der Waals surface area contributed by atoms with Gasteiger partial charge in [0.2, 0.25) is 5.91 Å². The van der Waals surface area contributed by atoms with Crippen LogP contribution >= 0.6 is 0 Å². The quantitative estimate of drug-likeness (QED) is 0.188. The van der Waals surface area contributed by atoms with E-state index in [4.69, 9.17) is 23.7 Å². The number of β-lactam (4-membered cyclic amide) rings is 1. The molecule has 1 aromatic carbocycles. The van der Waals surface area contributed by atoms with Crippen molar-refractivity contribution in [1.29, 1.82) is 0 Å². The maximum absolute atomic E-state index is 12.5. The first-order chi connectivity index (χ1) is 13.5. The molecule has 0 radical (unpaired) electrons. The van der Waals surface area contributed by atoms with Gasteiger partial charge in [0.25, 0.3) is 0 Å². The third-order valence-electron chi connectivity index (χ3n) is 4.41. The second kappa shape index (κ2) is 10.8. The first kappa shape index (κ1) is 21.9. The lowest BCUT2D eigenvalue weighted by Gasteiger charge is -2.49. The highest BCUT2D eigenvalue weighted by atomic mass is 16.7. The average Bonchev–Trinajstić information content (AvgIpc) is 2.69. The smallest absolute Gasteiger partial charge is 0.430 e. The lowest BCUT2D eigenvalue weighted by Crippen LogP contribution is -2.65. The summed E-state index contributed by atoms with van der Waals surface area (Å²) in [6.07, 6.45) is -1.51. The molecule has 1 saturated heterocycles. The molecule has 1 heterocycles. The number of hydrogen-bond donors (Lipinski definition) is 0. The summed E-state index contributed by atoms with van der Waals surface area (Å²) >= 11 is 0. The first-order valence-corrected chi connectivity index (χ1v) is 8.90. The van der Waals surface area contributed by atoms with Crippen LogP contribution in [0.15, 0.2) is 42.5 Å². The fourth-order valence-corrected chi connectivity index (χ4v) is 3.11. The van der Waals surface area contributed by atoms with E-state index in [0.29, 0.717) is 5.57 Å². The topological polar surface area (TPSA) is 83.5 Å². The molecule has 1 unspecified atom stereocenters. The molecule has 0 spiro atoms. The number of amides is 1. The summed E-state index contributed by atoms with van der Waals surface area (Å²) in [4.78, 5) is 26.0. The van der Waals surface area contributed by atoms with Crippen molar-refractivity contribution in [1.82, 2.24) is 4.90 Å². The van der Waals surface area contributed by atoms with E-state index in [1.807, 2.05) is 30.3 Å². The minimum Gasteiger partial charge on any atom is -0.430 e. The van der Waals surface area contributed by atoms with Gasteiger partial charge in [0.1, 0.15) is 26.2 Å².